The van der Waals surface area contributed by atoms with Crippen LogP contribution in [0.1, 0.15) is 21.5 Å². The Kier molecular flexibility index (Phi) is 3.03. The first-order valence-electron chi connectivity index (χ1n) is 4.51. The second-order valence-corrected chi connectivity index (χ2v) is 4.94. The maximum atomic E-state index is 12.0. The summed E-state index contributed by atoms with van der Waals surface area (Å²) in [6, 6.07) is 7.53. The van der Waals surface area contributed by atoms with Gasteiger partial charge in [0.2, 0.25) is 0 Å². The van der Waals surface area contributed by atoms with Crippen molar-refractivity contribution in [1.82, 2.24) is 0 Å². The molecule has 0 unspecified atom stereocenters. The van der Waals surface area contributed by atoms with E-state index in [2.05, 4.69) is 15.9 Å². The topological polar surface area (TPSA) is 17.1 Å². The summed E-state index contributed by atoms with van der Waals surface area (Å²) in [7, 11) is 0. The lowest BCUT2D eigenvalue weighted by molar-refractivity contribution is 0.103. The highest BCUT2D eigenvalue weighted by molar-refractivity contribution is 9.10. The molecule has 0 amide bonds. The summed E-state index contributed by atoms with van der Waals surface area (Å²) in [4.78, 5) is 12.0. The lowest BCUT2D eigenvalue weighted by Crippen LogP contribution is -1.99. The van der Waals surface area contributed by atoms with Gasteiger partial charge in [-0.05, 0) is 30.0 Å². The molecule has 2 aromatic rings. The maximum Gasteiger partial charge on any atom is 0.193 e. The Morgan fingerprint density at radius 3 is 2.67 bits per heavy atom. The molecule has 0 N–H and O–H groups in total. The minimum absolute atomic E-state index is 0.0805. The predicted molar refractivity (Wildman–Crippen MR) is 66.6 cm³/mol. The summed E-state index contributed by atoms with van der Waals surface area (Å²) >= 11 is 4.97. The van der Waals surface area contributed by atoms with Gasteiger partial charge in [-0.25, -0.2) is 0 Å². The average molecular weight is 281 g/mol. The van der Waals surface area contributed by atoms with Gasteiger partial charge < -0.3 is 0 Å². The number of carbonyl (C=O) groups excluding carboxylic acids is 1. The number of halogens is 1. The molecular formula is C12H9BrOS. The molecule has 1 heterocycles. The zero-order valence-electron chi connectivity index (χ0n) is 8.16. The van der Waals surface area contributed by atoms with Gasteiger partial charge >= 0.3 is 0 Å². The third kappa shape index (κ3) is 2.19. The van der Waals surface area contributed by atoms with Crippen molar-refractivity contribution in [2.75, 3.05) is 0 Å². The first-order chi connectivity index (χ1) is 7.18. The van der Waals surface area contributed by atoms with Crippen LogP contribution in [0.25, 0.3) is 0 Å². The van der Waals surface area contributed by atoms with Gasteiger partial charge in [0.25, 0.3) is 0 Å². The molecule has 1 nitrogen and oxygen atoms in total. The van der Waals surface area contributed by atoms with Crippen LogP contribution in [0.5, 0.6) is 0 Å². The standard InChI is InChI=1S/C12H9BrOS/c1-8-2-3-9(6-11(8)13)12(14)10-4-5-15-7-10/h2-7H,1H3. The van der Waals surface area contributed by atoms with Crippen LogP contribution in [0.2, 0.25) is 0 Å². The molecule has 0 aliphatic rings. The van der Waals surface area contributed by atoms with E-state index in [1.807, 2.05) is 41.9 Å². The third-order valence-corrected chi connectivity index (χ3v) is 3.75. The number of aryl methyl sites for hydroxylation is 1. The second-order valence-electron chi connectivity index (χ2n) is 3.31. The van der Waals surface area contributed by atoms with Gasteiger partial charge in [-0.15, -0.1) is 0 Å². The van der Waals surface area contributed by atoms with Crippen molar-refractivity contribution in [1.29, 1.82) is 0 Å². The molecule has 76 valence electrons. The fourth-order valence-corrected chi connectivity index (χ4v) is 2.31. The van der Waals surface area contributed by atoms with E-state index in [-0.39, 0.29) is 5.78 Å². The summed E-state index contributed by atoms with van der Waals surface area (Å²) in [5, 5.41) is 3.78. The van der Waals surface area contributed by atoms with Crippen molar-refractivity contribution in [2.45, 2.75) is 6.92 Å². The summed E-state index contributed by atoms with van der Waals surface area (Å²) in [5.74, 6) is 0.0805. The van der Waals surface area contributed by atoms with Gasteiger partial charge in [0.05, 0.1) is 0 Å². The molecule has 0 atom stereocenters. The Bertz CT molecular complexity index is 488. The lowest BCUT2D eigenvalue weighted by atomic mass is 10.1. The van der Waals surface area contributed by atoms with E-state index in [1.165, 1.54) is 11.3 Å². The first-order valence-corrected chi connectivity index (χ1v) is 6.25. The lowest BCUT2D eigenvalue weighted by Gasteiger charge is -2.01. The molecule has 15 heavy (non-hydrogen) atoms. The quantitative estimate of drug-likeness (QED) is 0.759. The van der Waals surface area contributed by atoms with E-state index in [1.54, 1.807) is 0 Å². The van der Waals surface area contributed by atoms with Gasteiger partial charge in [-0.1, -0.05) is 28.1 Å². The molecule has 1 aromatic carbocycles. The van der Waals surface area contributed by atoms with Crippen molar-refractivity contribution >= 4 is 33.0 Å². The maximum absolute atomic E-state index is 12.0. The van der Waals surface area contributed by atoms with Crippen molar-refractivity contribution < 1.29 is 4.79 Å². The van der Waals surface area contributed by atoms with Crippen LogP contribution in [0.3, 0.4) is 0 Å². The van der Waals surface area contributed by atoms with Crippen LogP contribution in [-0.2, 0) is 0 Å². The van der Waals surface area contributed by atoms with Crippen molar-refractivity contribution in [3.05, 3.63) is 56.2 Å². The largest absolute Gasteiger partial charge is 0.289 e. The molecule has 2 rings (SSSR count). The van der Waals surface area contributed by atoms with Gasteiger partial charge in [0.15, 0.2) is 5.78 Å². The number of benzene rings is 1. The number of rotatable bonds is 2. The Labute approximate surface area is 101 Å². The van der Waals surface area contributed by atoms with E-state index in [0.717, 1.165) is 21.2 Å². The van der Waals surface area contributed by atoms with Crippen LogP contribution in [0, 0.1) is 6.92 Å². The highest BCUT2D eigenvalue weighted by Gasteiger charge is 2.09. The van der Waals surface area contributed by atoms with E-state index >= 15 is 0 Å². The number of carbonyl (C=O) groups is 1. The van der Waals surface area contributed by atoms with Gasteiger partial charge in [0.1, 0.15) is 0 Å². The minimum atomic E-state index is 0.0805. The highest BCUT2D eigenvalue weighted by atomic mass is 79.9. The molecule has 3 heteroatoms. The molecule has 0 radical (unpaired) electrons. The summed E-state index contributed by atoms with van der Waals surface area (Å²) in [6.07, 6.45) is 0. The number of hydrogen-bond acceptors (Lipinski definition) is 2. The molecular weight excluding hydrogens is 272 g/mol. The summed E-state index contributed by atoms with van der Waals surface area (Å²) in [5.41, 5.74) is 2.62. The van der Waals surface area contributed by atoms with Crippen LogP contribution in [0.15, 0.2) is 39.5 Å². The van der Waals surface area contributed by atoms with Crippen LogP contribution in [0.4, 0.5) is 0 Å². The molecule has 0 fully saturated rings. The van der Waals surface area contributed by atoms with E-state index < -0.39 is 0 Å². The Morgan fingerprint density at radius 1 is 1.27 bits per heavy atom. The highest BCUT2D eigenvalue weighted by Crippen LogP contribution is 2.20. The van der Waals surface area contributed by atoms with E-state index in [9.17, 15) is 4.79 Å². The number of ketones is 1. The molecule has 0 saturated carbocycles. The van der Waals surface area contributed by atoms with Crippen molar-refractivity contribution in [2.24, 2.45) is 0 Å². The predicted octanol–water partition coefficient (Wildman–Crippen LogP) is 4.05. The van der Waals surface area contributed by atoms with Crippen molar-refractivity contribution in [3.8, 4) is 0 Å². The van der Waals surface area contributed by atoms with E-state index in [0.29, 0.717) is 0 Å². The van der Waals surface area contributed by atoms with Crippen LogP contribution < -0.4 is 0 Å². The molecule has 0 aliphatic carbocycles. The normalized spacial score (nSPS) is 10.3. The Balaban J connectivity index is 2.39. The zero-order valence-corrected chi connectivity index (χ0v) is 10.6. The van der Waals surface area contributed by atoms with Gasteiger partial charge in [-0.3, -0.25) is 4.79 Å². The van der Waals surface area contributed by atoms with Gasteiger partial charge in [-0.2, -0.15) is 11.3 Å². The van der Waals surface area contributed by atoms with Crippen molar-refractivity contribution in [3.63, 3.8) is 0 Å². The fraction of sp³-hybridized carbons (Fsp3) is 0.0833. The van der Waals surface area contributed by atoms with Gasteiger partial charge in [0, 0.05) is 21.0 Å². The minimum Gasteiger partial charge on any atom is -0.289 e. The van der Waals surface area contributed by atoms with E-state index in [4.69, 9.17) is 0 Å². The second kappa shape index (κ2) is 4.29. The SMILES string of the molecule is Cc1ccc(C(=O)c2ccsc2)cc1Br. The summed E-state index contributed by atoms with van der Waals surface area (Å²) < 4.78 is 0.976. The summed E-state index contributed by atoms with van der Waals surface area (Å²) in [6.45, 7) is 2.00. The molecule has 0 bridgehead atoms. The smallest absolute Gasteiger partial charge is 0.193 e. The average Bonchev–Trinajstić information content (AvgIpc) is 2.74. The molecule has 1 aromatic heterocycles. The number of hydrogen-bond donors (Lipinski definition) is 0. The van der Waals surface area contributed by atoms with Crippen LogP contribution >= 0.6 is 27.3 Å². The molecule has 0 spiro atoms. The molecule has 0 saturated heterocycles. The monoisotopic (exact) mass is 280 g/mol. The fourth-order valence-electron chi connectivity index (χ4n) is 1.29. The number of thiophene rings is 1. The zero-order chi connectivity index (χ0) is 10.8. The third-order valence-electron chi connectivity index (χ3n) is 2.22. The Morgan fingerprint density at radius 2 is 2.07 bits per heavy atom. The Hall–Kier alpha value is -0.930. The molecule has 0 aliphatic heterocycles. The van der Waals surface area contributed by atoms with Crippen LogP contribution in [-0.4, -0.2) is 5.78 Å². The first kappa shape index (κ1) is 10.6.